The van der Waals surface area contributed by atoms with E-state index >= 15 is 0 Å². The number of nitrogens with one attached hydrogen (secondary N) is 2. The predicted molar refractivity (Wildman–Crippen MR) is 105 cm³/mol. The third-order valence-corrected chi connectivity index (χ3v) is 5.31. The molecule has 9 nitrogen and oxygen atoms in total. The van der Waals surface area contributed by atoms with E-state index in [-0.39, 0.29) is 5.84 Å². The first-order chi connectivity index (χ1) is 13.0. The number of amidine groups is 1. The number of hydrogen-bond donors (Lipinski definition) is 5. The number of hydrogen-bond acceptors (Lipinski definition) is 6. The van der Waals surface area contributed by atoms with Gasteiger partial charge in [-0.3, -0.25) is 14.8 Å². The van der Waals surface area contributed by atoms with Crippen LogP contribution in [0, 0.1) is 11.3 Å². The fourth-order valence-electron chi connectivity index (χ4n) is 2.21. The van der Waals surface area contributed by atoms with Crippen molar-refractivity contribution >= 4 is 36.6 Å². The van der Waals surface area contributed by atoms with Gasteiger partial charge in [0.25, 0.3) is 0 Å². The van der Waals surface area contributed by atoms with Crippen LogP contribution in [0.2, 0.25) is 0 Å². The van der Waals surface area contributed by atoms with Crippen molar-refractivity contribution in [3.63, 3.8) is 0 Å². The number of esters is 1. The lowest BCUT2D eigenvalue weighted by Gasteiger charge is -2.11. The summed E-state index contributed by atoms with van der Waals surface area (Å²) in [5.41, 5.74) is 5.89. The third-order valence-electron chi connectivity index (χ3n) is 3.65. The average molecular weight is 425 g/mol. The van der Waals surface area contributed by atoms with Gasteiger partial charge in [0.1, 0.15) is 22.7 Å². The van der Waals surface area contributed by atoms with Crippen LogP contribution >= 0.6 is 18.9 Å². The molecule has 0 aliphatic rings. The van der Waals surface area contributed by atoms with Crippen molar-refractivity contribution in [1.29, 1.82) is 5.41 Å². The number of rotatable bonds is 8. The summed E-state index contributed by atoms with van der Waals surface area (Å²) in [7, 11) is -4.30. The second-order valence-corrected chi connectivity index (χ2v) is 8.88. The van der Waals surface area contributed by atoms with Gasteiger partial charge in [-0.1, -0.05) is 6.92 Å². The van der Waals surface area contributed by atoms with E-state index in [9.17, 15) is 14.2 Å². The number of carbonyl (C=O) groups is 2. The number of nitrogens with two attached hydrogens (primary N) is 1. The molecule has 1 aromatic heterocycles. The fourth-order valence-corrected chi connectivity index (χ4v) is 3.58. The molecule has 2 aromatic rings. The minimum absolute atomic E-state index is 0.0836. The molecule has 1 heterocycles. The molecule has 0 saturated heterocycles. The van der Waals surface area contributed by atoms with E-state index in [0.29, 0.717) is 22.6 Å². The lowest BCUT2D eigenvalue weighted by Crippen LogP contribution is -2.30. The summed E-state index contributed by atoms with van der Waals surface area (Å²) < 4.78 is 16.1. The molecule has 0 fully saturated rings. The molecule has 6 N–H and O–H groups in total. The third kappa shape index (κ3) is 6.58. The topological polar surface area (TPSA) is 163 Å². The molecule has 1 atom stereocenters. The van der Waals surface area contributed by atoms with Crippen molar-refractivity contribution in [2.45, 2.75) is 13.3 Å². The van der Waals surface area contributed by atoms with Gasteiger partial charge in [0, 0.05) is 16.4 Å². The van der Waals surface area contributed by atoms with Gasteiger partial charge in [0.2, 0.25) is 5.91 Å². The Morgan fingerprint density at radius 1 is 1.25 bits per heavy atom. The van der Waals surface area contributed by atoms with Crippen molar-refractivity contribution in [3.05, 3.63) is 51.7 Å². The Morgan fingerprint density at radius 2 is 1.89 bits per heavy atom. The minimum Gasteiger partial charge on any atom is -0.422 e. The highest BCUT2D eigenvalue weighted by Crippen LogP contribution is 2.32. The highest BCUT2D eigenvalue weighted by Gasteiger charge is 2.20. The van der Waals surface area contributed by atoms with Crippen LogP contribution in [0.1, 0.15) is 27.0 Å². The van der Waals surface area contributed by atoms with Crippen molar-refractivity contribution in [2.24, 2.45) is 11.7 Å². The minimum atomic E-state index is -4.30. The Kier molecular flexibility index (Phi) is 7.09. The molecule has 0 spiro atoms. The maximum atomic E-state index is 12.2. The Bertz CT molecular complexity index is 921. The zero-order valence-corrected chi connectivity index (χ0v) is 16.6. The first kappa shape index (κ1) is 21.8. The summed E-state index contributed by atoms with van der Waals surface area (Å²) in [6, 6.07) is 9.51. The van der Waals surface area contributed by atoms with E-state index in [1.807, 2.05) is 0 Å². The Balaban J connectivity index is 1.93. The SMILES string of the molecule is CC(Cc1ccc(C(=O)Oc2ccc(C(=N)N)cc2)s1)C(=O)NCP(=O)(O)O. The van der Waals surface area contributed by atoms with E-state index in [2.05, 4.69) is 5.32 Å². The summed E-state index contributed by atoms with van der Waals surface area (Å²) in [6.07, 6.45) is -0.390. The molecule has 0 aliphatic carbocycles. The Labute approximate surface area is 165 Å². The van der Waals surface area contributed by atoms with Gasteiger partial charge in [-0.2, -0.15) is 0 Å². The molecule has 28 heavy (non-hydrogen) atoms. The first-order valence-corrected chi connectivity index (χ1v) is 10.7. The molecule has 0 aliphatic heterocycles. The molecule has 0 bridgehead atoms. The van der Waals surface area contributed by atoms with Gasteiger partial charge >= 0.3 is 13.6 Å². The van der Waals surface area contributed by atoms with Gasteiger partial charge in [-0.15, -0.1) is 11.3 Å². The number of carbonyl (C=O) groups excluding carboxylic acids is 2. The Morgan fingerprint density at radius 3 is 2.46 bits per heavy atom. The van der Waals surface area contributed by atoms with Crippen LogP contribution in [0.15, 0.2) is 36.4 Å². The molecule has 0 saturated carbocycles. The smallest absolute Gasteiger partial charge is 0.353 e. The van der Waals surface area contributed by atoms with E-state index in [0.717, 1.165) is 4.88 Å². The van der Waals surface area contributed by atoms with E-state index in [4.69, 9.17) is 25.7 Å². The predicted octanol–water partition coefficient (Wildman–Crippen LogP) is 1.68. The summed E-state index contributed by atoms with van der Waals surface area (Å²) in [6.45, 7) is 1.63. The number of nitrogen functional groups attached to an aromatic ring is 1. The highest BCUT2D eigenvalue weighted by molar-refractivity contribution is 7.51. The summed E-state index contributed by atoms with van der Waals surface area (Å²) in [4.78, 5) is 42.8. The average Bonchev–Trinajstić information content (AvgIpc) is 3.08. The van der Waals surface area contributed by atoms with Gasteiger partial charge in [-0.25, -0.2) is 4.79 Å². The van der Waals surface area contributed by atoms with Crippen molar-refractivity contribution in [1.82, 2.24) is 5.32 Å². The second kappa shape index (κ2) is 9.11. The van der Waals surface area contributed by atoms with Crippen molar-refractivity contribution in [2.75, 3.05) is 6.29 Å². The van der Waals surface area contributed by atoms with Crippen LogP contribution in [0.4, 0.5) is 0 Å². The second-order valence-electron chi connectivity index (χ2n) is 6.06. The number of amides is 1. The van der Waals surface area contributed by atoms with Crippen LogP contribution < -0.4 is 15.8 Å². The molecule has 11 heteroatoms. The Hall–Kier alpha value is -2.52. The number of ether oxygens (including phenoxy) is 1. The van der Waals surface area contributed by atoms with E-state index in [1.54, 1.807) is 31.2 Å². The van der Waals surface area contributed by atoms with Gasteiger partial charge < -0.3 is 25.6 Å². The molecule has 1 unspecified atom stereocenters. The van der Waals surface area contributed by atoms with E-state index in [1.165, 1.54) is 23.5 Å². The molecule has 1 aromatic carbocycles. The molecular formula is C17H20N3O6PS. The number of benzene rings is 1. The van der Waals surface area contributed by atoms with E-state index < -0.39 is 31.7 Å². The number of thiophene rings is 1. The zero-order valence-electron chi connectivity index (χ0n) is 14.9. The fraction of sp³-hybridized carbons (Fsp3) is 0.235. The summed E-state index contributed by atoms with van der Waals surface area (Å²) >= 11 is 1.18. The van der Waals surface area contributed by atoms with Crippen LogP contribution in [0.3, 0.4) is 0 Å². The normalized spacial score (nSPS) is 12.2. The zero-order chi connectivity index (χ0) is 20.9. The van der Waals surface area contributed by atoms with Crippen LogP contribution in [-0.4, -0.2) is 33.8 Å². The van der Waals surface area contributed by atoms with Crippen LogP contribution in [0.5, 0.6) is 5.75 Å². The van der Waals surface area contributed by atoms with Gasteiger partial charge in [-0.05, 0) is 42.8 Å². The van der Waals surface area contributed by atoms with Crippen molar-refractivity contribution in [3.8, 4) is 5.75 Å². The largest absolute Gasteiger partial charge is 0.422 e. The lowest BCUT2D eigenvalue weighted by atomic mass is 10.1. The molecule has 150 valence electrons. The van der Waals surface area contributed by atoms with Crippen LogP contribution in [0.25, 0.3) is 0 Å². The quantitative estimate of drug-likeness (QED) is 0.141. The maximum Gasteiger partial charge on any atom is 0.353 e. The maximum absolute atomic E-state index is 12.2. The van der Waals surface area contributed by atoms with Gasteiger partial charge in [0.15, 0.2) is 0 Å². The first-order valence-electron chi connectivity index (χ1n) is 8.13. The molecule has 0 radical (unpaired) electrons. The summed E-state index contributed by atoms with van der Waals surface area (Å²) in [5.74, 6) is -1.32. The standard InChI is InChI=1S/C17H20N3O6PS/c1-10(16(21)20-9-27(23,24)25)8-13-6-7-14(28-13)17(22)26-12-4-2-11(3-5-12)15(18)19/h2-7,10H,8-9H2,1H3,(H3,18,19)(H,20,21)(H2,23,24,25). The highest BCUT2D eigenvalue weighted by atomic mass is 32.1. The lowest BCUT2D eigenvalue weighted by molar-refractivity contribution is -0.124. The summed E-state index contributed by atoms with van der Waals surface area (Å²) in [5, 5.41) is 9.54. The molecule has 2 rings (SSSR count). The molecular weight excluding hydrogens is 405 g/mol. The van der Waals surface area contributed by atoms with Gasteiger partial charge in [0.05, 0.1) is 0 Å². The van der Waals surface area contributed by atoms with Crippen molar-refractivity contribution < 1.29 is 28.7 Å². The monoisotopic (exact) mass is 425 g/mol. The van der Waals surface area contributed by atoms with Crippen LogP contribution in [-0.2, 0) is 15.8 Å². The molecule has 1 amide bonds.